The first-order valence-electron chi connectivity index (χ1n) is 12.0. The Kier molecular flexibility index (Phi) is 7.79. The van der Waals surface area contributed by atoms with E-state index in [4.69, 9.17) is 28.9 Å². The molecule has 3 atom stereocenters. The summed E-state index contributed by atoms with van der Waals surface area (Å²) in [5, 5.41) is 3.95. The summed E-state index contributed by atoms with van der Waals surface area (Å²) in [6, 6.07) is 7.19. The molecule has 1 saturated heterocycles. The molecule has 2 unspecified atom stereocenters. The molecular formula is C26H27Cl2F4N3O2. The number of amides is 2. The van der Waals surface area contributed by atoms with E-state index < -0.39 is 40.7 Å². The van der Waals surface area contributed by atoms with Gasteiger partial charge in [-0.1, -0.05) is 35.3 Å². The molecule has 1 saturated carbocycles. The van der Waals surface area contributed by atoms with Crippen LogP contribution in [0.5, 0.6) is 0 Å². The van der Waals surface area contributed by atoms with Crippen LogP contribution in [0.3, 0.4) is 0 Å². The van der Waals surface area contributed by atoms with E-state index in [2.05, 4.69) is 5.32 Å². The molecule has 2 fully saturated rings. The molecule has 1 aliphatic heterocycles. The first kappa shape index (κ1) is 27.7. The first-order valence-corrected chi connectivity index (χ1v) is 12.7. The number of primary amides is 1. The molecule has 0 aromatic heterocycles. The Hall–Kier alpha value is -2.36. The van der Waals surface area contributed by atoms with Gasteiger partial charge >= 0.3 is 6.18 Å². The number of alkyl halides is 3. The molecule has 0 bridgehead atoms. The summed E-state index contributed by atoms with van der Waals surface area (Å²) in [6.45, 7) is 1.00. The van der Waals surface area contributed by atoms with E-state index in [0.717, 1.165) is 25.0 Å². The molecule has 5 nitrogen and oxygen atoms in total. The number of nitrogens with two attached hydrogens (primary N) is 1. The molecule has 1 aliphatic carbocycles. The van der Waals surface area contributed by atoms with Gasteiger partial charge in [-0.05, 0) is 68.5 Å². The number of nitrogens with zero attached hydrogens (tertiary/aromatic N) is 1. The van der Waals surface area contributed by atoms with Crippen LogP contribution < -0.4 is 11.1 Å². The fourth-order valence-electron chi connectivity index (χ4n) is 5.50. The zero-order valence-electron chi connectivity index (χ0n) is 20.0. The fourth-order valence-corrected chi connectivity index (χ4v) is 5.99. The number of hydrogen-bond donors (Lipinski definition) is 2. The van der Waals surface area contributed by atoms with Crippen LogP contribution in [0.15, 0.2) is 36.4 Å². The molecular weight excluding hydrogens is 533 g/mol. The Morgan fingerprint density at radius 3 is 2.38 bits per heavy atom. The summed E-state index contributed by atoms with van der Waals surface area (Å²) in [4.78, 5) is 28.3. The molecule has 2 aromatic carbocycles. The summed E-state index contributed by atoms with van der Waals surface area (Å²) in [7, 11) is 1.86. The van der Waals surface area contributed by atoms with Crippen LogP contribution in [-0.2, 0) is 27.6 Å². The Labute approximate surface area is 222 Å². The van der Waals surface area contributed by atoms with Crippen LogP contribution >= 0.6 is 23.2 Å². The molecule has 2 aliphatic rings. The van der Waals surface area contributed by atoms with Crippen molar-refractivity contribution in [3.63, 3.8) is 0 Å². The second kappa shape index (κ2) is 10.4. The van der Waals surface area contributed by atoms with E-state index in [9.17, 15) is 22.8 Å². The Morgan fingerprint density at radius 1 is 1.16 bits per heavy atom. The van der Waals surface area contributed by atoms with Crippen molar-refractivity contribution in [3.8, 4) is 0 Å². The van der Waals surface area contributed by atoms with Crippen LogP contribution in [0.1, 0.15) is 36.0 Å². The molecule has 2 amide bonds. The number of carbonyl (C=O) groups excluding carboxylic acids is 2. The van der Waals surface area contributed by atoms with Crippen LogP contribution in [0.2, 0.25) is 10.0 Å². The van der Waals surface area contributed by atoms with Crippen molar-refractivity contribution in [2.45, 2.75) is 43.3 Å². The molecule has 11 heteroatoms. The van der Waals surface area contributed by atoms with Gasteiger partial charge in [0.25, 0.3) is 0 Å². The van der Waals surface area contributed by atoms with Gasteiger partial charge in [0.15, 0.2) is 0 Å². The number of halogens is 6. The Balaban J connectivity index is 1.70. The molecule has 4 rings (SSSR count). The van der Waals surface area contributed by atoms with Gasteiger partial charge in [-0.15, -0.1) is 0 Å². The number of piperidine rings is 1. The lowest BCUT2D eigenvalue weighted by atomic mass is 9.83. The van der Waals surface area contributed by atoms with E-state index in [1.165, 1.54) is 0 Å². The van der Waals surface area contributed by atoms with E-state index in [1.54, 1.807) is 23.1 Å². The van der Waals surface area contributed by atoms with E-state index in [1.807, 2.05) is 7.05 Å². The molecule has 1 heterocycles. The maximum absolute atomic E-state index is 15.0. The molecule has 3 N–H and O–H groups in total. The number of likely N-dealkylation sites (tertiary alicyclic amines) is 1. The predicted molar refractivity (Wildman–Crippen MR) is 133 cm³/mol. The summed E-state index contributed by atoms with van der Waals surface area (Å²) in [6.07, 6.45) is -3.07. The highest BCUT2D eigenvalue weighted by Crippen LogP contribution is 2.59. The minimum Gasteiger partial charge on any atom is -0.369 e. The topological polar surface area (TPSA) is 75.4 Å². The van der Waals surface area contributed by atoms with E-state index >= 15 is 4.39 Å². The third-order valence-corrected chi connectivity index (χ3v) is 8.29. The second-order valence-corrected chi connectivity index (χ2v) is 10.6. The van der Waals surface area contributed by atoms with Gasteiger partial charge in [-0.3, -0.25) is 9.59 Å². The van der Waals surface area contributed by atoms with Crippen LogP contribution in [0.4, 0.5) is 17.6 Å². The smallest absolute Gasteiger partial charge is 0.369 e. The lowest BCUT2D eigenvalue weighted by molar-refractivity contribution is -0.138. The summed E-state index contributed by atoms with van der Waals surface area (Å²) in [5.41, 5.74) is 3.36. The highest BCUT2D eigenvalue weighted by molar-refractivity contribution is 6.35. The minimum absolute atomic E-state index is 0.0409. The zero-order valence-corrected chi connectivity index (χ0v) is 21.6. The third kappa shape index (κ3) is 5.45. The van der Waals surface area contributed by atoms with Crippen molar-refractivity contribution in [1.29, 1.82) is 0 Å². The van der Waals surface area contributed by atoms with Crippen molar-refractivity contribution in [3.05, 3.63) is 69.0 Å². The maximum Gasteiger partial charge on any atom is 0.416 e. The number of hydrogen-bond acceptors (Lipinski definition) is 3. The predicted octanol–water partition coefficient (Wildman–Crippen LogP) is 4.96. The monoisotopic (exact) mass is 559 g/mol. The lowest BCUT2D eigenvalue weighted by Gasteiger charge is -2.35. The van der Waals surface area contributed by atoms with Crippen molar-refractivity contribution in [2.75, 3.05) is 20.1 Å². The quantitative estimate of drug-likeness (QED) is 0.470. The normalized spacial score (nSPS) is 23.1. The minimum atomic E-state index is -4.74. The summed E-state index contributed by atoms with van der Waals surface area (Å²) in [5.74, 6) is -3.79. The number of nitrogens with one attached hydrogen (secondary N) is 1. The van der Waals surface area contributed by atoms with Crippen molar-refractivity contribution < 1.29 is 27.2 Å². The van der Waals surface area contributed by atoms with E-state index in [-0.39, 0.29) is 30.4 Å². The second-order valence-electron chi connectivity index (χ2n) is 9.77. The van der Waals surface area contributed by atoms with Gasteiger partial charge in [0.05, 0.1) is 11.0 Å². The van der Waals surface area contributed by atoms with Gasteiger partial charge in [0, 0.05) is 40.7 Å². The van der Waals surface area contributed by atoms with Gasteiger partial charge in [-0.25, -0.2) is 4.39 Å². The molecule has 200 valence electrons. The molecule has 37 heavy (non-hydrogen) atoms. The summed E-state index contributed by atoms with van der Waals surface area (Å²) < 4.78 is 54.4. The van der Waals surface area contributed by atoms with Crippen LogP contribution in [-0.4, -0.2) is 42.9 Å². The highest BCUT2D eigenvalue weighted by atomic mass is 35.5. The third-order valence-electron chi connectivity index (χ3n) is 7.70. The highest BCUT2D eigenvalue weighted by Gasteiger charge is 2.65. The van der Waals surface area contributed by atoms with Crippen LogP contribution in [0.25, 0.3) is 0 Å². The van der Waals surface area contributed by atoms with Gasteiger partial charge in [-0.2, -0.15) is 13.2 Å². The zero-order chi connectivity index (χ0) is 27.1. The molecule has 2 aromatic rings. The number of rotatable bonds is 7. The number of benzene rings is 2. The summed E-state index contributed by atoms with van der Waals surface area (Å²) >= 11 is 12.4. The SMILES string of the molecule is CNC1CCN(C(=O)[C@@H](Cc2ccc(Cl)cc2Cl)C2CC2(C(N)=O)c2ccc(C(F)(F)F)cc2F)CC1. The van der Waals surface area contributed by atoms with Crippen LogP contribution in [0, 0.1) is 17.7 Å². The Bertz CT molecular complexity index is 1200. The number of carbonyl (C=O) groups is 2. The molecule has 0 spiro atoms. The van der Waals surface area contributed by atoms with Gasteiger partial charge in [0.2, 0.25) is 11.8 Å². The molecule has 0 radical (unpaired) electrons. The lowest BCUT2D eigenvalue weighted by Crippen LogP contribution is -2.47. The van der Waals surface area contributed by atoms with Gasteiger partial charge in [0.1, 0.15) is 5.82 Å². The van der Waals surface area contributed by atoms with Gasteiger partial charge < -0.3 is 16.0 Å². The fraction of sp³-hybridized carbons (Fsp3) is 0.462. The average Bonchev–Trinajstić information content (AvgIpc) is 3.59. The van der Waals surface area contributed by atoms with E-state index in [0.29, 0.717) is 34.8 Å². The maximum atomic E-state index is 15.0. The Morgan fingerprint density at radius 2 is 1.84 bits per heavy atom. The largest absolute Gasteiger partial charge is 0.416 e. The van der Waals surface area contributed by atoms with Crippen molar-refractivity contribution in [2.24, 2.45) is 17.6 Å². The first-order chi connectivity index (χ1) is 17.4. The average molecular weight is 560 g/mol. The van der Waals surface area contributed by atoms with Crippen molar-refractivity contribution >= 4 is 35.0 Å². The van der Waals surface area contributed by atoms with Crippen molar-refractivity contribution in [1.82, 2.24) is 10.2 Å². The standard InChI is InChI=1S/C26H27Cl2F4N3O2/c1-34-17-6-8-35(9-7-17)23(36)18(10-14-2-4-16(27)12-21(14)28)20-13-25(20,24(33)37)19-5-3-15(11-22(19)29)26(30,31)32/h2-5,11-12,17-18,20,34H,6-10,13H2,1H3,(H2,33,37)/t18-,20?,25?/m0/s1.